The zero-order chi connectivity index (χ0) is 20.1. The molecule has 1 unspecified atom stereocenters. The number of amides is 1. The molecule has 0 spiro atoms. The minimum atomic E-state index is -0.350. The number of hydrogen-bond acceptors (Lipinski definition) is 5. The van der Waals surface area contributed by atoms with Crippen molar-refractivity contribution in [3.63, 3.8) is 0 Å². The summed E-state index contributed by atoms with van der Waals surface area (Å²) in [4.78, 5) is 27.2. The number of rotatable bonds is 7. The van der Waals surface area contributed by atoms with E-state index in [0.717, 1.165) is 37.0 Å². The van der Waals surface area contributed by atoms with Crippen LogP contribution in [-0.2, 0) is 22.4 Å². The second-order valence-electron chi connectivity index (χ2n) is 7.36. The van der Waals surface area contributed by atoms with E-state index < -0.39 is 0 Å². The second kappa shape index (κ2) is 9.61. The molecular formula is C22H27NO3S2. The Morgan fingerprint density at radius 1 is 1.29 bits per heavy atom. The highest BCUT2D eigenvalue weighted by molar-refractivity contribution is 7.99. The number of methoxy groups -OCH3 is 1. The minimum Gasteiger partial charge on any atom is -0.465 e. The number of anilines is 1. The summed E-state index contributed by atoms with van der Waals surface area (Å²) < 4.78 is 4.98. The topological polar surface area (TPSA) is 55.4 Å². The van der Waals surface area contributed by atoms with E-state index in [2.05, 4.69) is 43.4 Å². The van der Waals surface area contributed by atoms with E-state index in [-0.39, 0.29) is 11.9 Å². The summed E-state index contributed by atoms with van der Waals surface area (Å²) in [6.07, 6.45) is 4.14. The van der Waals surface area contributed by atoms with Gasteiger partial charge in [0.1, 0.15) is 5.00 Å². The standard InChI is InChI=1S/C22H27NO3S2/c1-14-6-9-16(10-7-14)27-12-4-5-19(24)23-21-20(22(25)26-3)17-11-8-15(2)13-18(17)28-21/h6-7,9-10,15H,4-5,8,11-13H2,1-3H3,(H,23,24). The molecule has 0 saturated carbocycles. The van der Waals surface area contributed by atoms with E-state index >= 15 is 0 Å². The zero-order valence-corrected chi connectivity index (χ0v) is 18.3. The number of carbonyl (C=O) groups is 2. The highest BCUT2D eigenvalue weighted by Crippen LogP contribution is 2.40. The van der Waals surface area contributed by atoms with E-state index in [1.54, 1.807) is 11.8 Å². The quantitative estimate of drug-likeness (QED) is 0.368. The highest BCUT2D eigenvalue weighted by Gasteiger charge is 2.28. The minimum absolute atomic E-state index is 0.0405. The lowest BCUT2D eigenvalue weighted by molar-refractivity contribution is -0.116. The number of hydrogen-bond donors (Lipinski definition) is 1. The van der Waals surface area contributed by atoms with Gasteiger partial charge in [-0.15, -0.1) is 23.1 Å². The van der Waals surface area contributed by atoms with E-state index in [0.29, 0.717) is 22.9 Å². The van der Waals surface area contributed by atoms with Crippen molar-refractivity contribution in [2.75, 3.05) is 18.2 Å². The average Bonchev–Trinajstić information content (AvgIpc) is 3.02. The van der Waals surface area contributed by atoms with Crippen molar-refractivity contribution in [1.29, 1.82) is 0 Å². The van der Waals surface area contributed by atoms with Crippen LogP contribution in [0.25, 0.3) is 0 Å². The SMILES string of the molecule is COC(=O)c1c(NC(=O)CCCSc2ccc(C)cc2)sc2c1CCC(C)C2. The number of aryl methyl sites for hydroxylation is 1. The van der Waals surface area contributed by atoms with E-state index in [1.807, 2.05) is 0 Å². The zero-order valence-electron chi connectivity index (χ0n) is 16.7. The third kappa shape index (κ3) is 5.17. The summed E-state index contributed by atoms with van der Waals surface area (Å²) in [7, 11) is 1.39. The van der Waals surface area contributed by atoms with Crippen LogP contribution in [0.1, 0.15) is 52.5 Å². The van der Waals surface area contributed by atoms with Crippen molar-refractivity contribution < 1.29 is 14.3 Å². The number of thiophene rings is 1. The fraction of sp³-hybridized carbons (Fsp3) is 0.455. The van der Waals surface area contributed by atoms with Crippen LogP contribution in [0.2, 0.25) is 0 Å². The van der Waals surface area contributed by atoms with E-state index in [1.165, 1.54) is 33.8 Å². The molecule has 3 rings (SSSR count). The third-order valence-electron chi connectivity index (χ3n) is 4.99. The molecule has 0 bridgehead atoms. The molecule has 2 aromatic rings. The molecule has 1 N–H and O–H groups in total. The summed E-state index contributed by atoms with van der Waals surface area (Å²) in [5.74, 6) is 1.11. The Hall–Kier alpha value is -1.79. The van der Waals surface area contributed by atoms with E-state index in [9.17, 15) is 9.59 Å². The molecule has 1 aromatic heterocycles. The van der Waals surface area contributed by atoms with Gasteiger partial charge in [-0.05, 0) is 62.0 Å². The van der Waals surface area contributed by atoms with Crippen LogP contribution in [-0.4, -0.2) is 24.7 Å². The molecule has 0 aliphatic heterocycles. The van der Waals surface area contributed by atoms with Gasteiger partial charge in [-0.1, -0.05) is 24.6 Å². The van der Waals surface area contributed by atoms with Crippen LogP contribution in [0.3, 0.4) is 0 Å². The first-order valence-electron chi connectivity index (χ1n) is 9.70. The normalized spacial score (nSPS) is 15.8. The Balaban J connectivity index is 1.57. The largest absolute Gasteiger partial charge is 0.465 e. The summed E-state index contributed by atoms with van der Waals surface area (Å²) >= 11 is 3.30. The molecule has 1 atom stereocenters. The van der Waals surface area contributed by atoms with Crippen molar-refractivity contribution in [3.05, 3.63) is 45.8 Å². The van der Waals surface area contributed by atoms with Crippen LogP contribution in [0.4, 0.5) is 5.00 Å². The molecule has 150 valence electrons. The van der Waals surface area contributed by atoms with Gasteiger partial charge in [0.2, 0.25) is 5.91 Å². The molecule has 1 heterocycles. The van der Waals surface area contributed by atoms with Crippen LogP contribution in [0, 0.1) is 12.8 Å². The van der Waals surface area contributed by atoms with Crippen molar-refractivity contribution >= 4 is 40.0 Å². The third-order valence-corrected chi connectivity index (χ3v) is 7.26. The molecule has 0 radical (unpaired) electrons. The maximum Gasteiger partial charge on any atom is 0.341 e. The summed E-state index contributed by atoms with van der Waals surface area (Å²) in [5.41, 5.74) is 2.88. The Morgan fingerprint density at radius 2 is 2.04 bits per heavy atom. The number of fused-ring (bicyclic) bond motifs is 1. The average molecular weight is 418 g/mol. The predicted molar refractivity (Wildman–Crippen MR) is 117 cm³/mol. The molecule has 0 saturated heterocycles. The van der Waals surface area contributed by atoms with Gasteiger partial charge >= 0.3 is 5.97 Å². The first-order valence-corrected chi connectivity index (χ1v) is 11.5. The number of benzene rings is 1. The fourth-order valence-electron chi connectivity index (χ4n) is 3.40. The lowest BCUT2D eigenvalue weighted by Gasteiger charge is -2.18. The van der Waals surface area contributed by atoms with E-state index in [4.69, 9.17) is 4.74 Å². The summed E-state index contributed by atoms with van der Waals surface area (Å²) in [5, 5.41) is 3.63. The molecule has 4 nitrogen and oxygen atoms in total. The summed E-state index contributed by atoms with van der Waals surface area (Å²) in [6.45, 7) is 4.30. The van der Waals surface area contributed by atoms with Crippen molar-refractivity contribution in [3.8, 4) is 0 Å². The van der Waals surface area contributed by atoms with Gasteiger partial charge in [0, 0.05) is 16.2 Å². The van der Waals surface area contributed by atoms with Crippen LogP contribution < -0.4 is 5.32 Å². The van der Waals surface area contributed by atoms with Crippen LogP contribution >= 0.6 is 23.1 Å². The van der Waals surface area contributed by atoms with Gasteiger partial charge < -0.3 is 10.1 Å². The Kier molecular flexibility index (Phi) is 7.18. The molecule has 6 heteroatoms. The number of nitrogens with one attached hydrogen (secondary N) is 1. The number of ether oxygens (including phenoxy) is 1. The first-order chi connectivity index (χ1) is 13.5. The van der Waals surface area contributed by atoms with Crippen LogP contribution in [0.5, 0.6) is 0 Å². The fourth-order valence-corrected chi connectivity index (χ4v) is 5.67. The summed E-state index contributed by atoms with van der Waals surface area (Å²) in [6, 6.07) is 8.42. The molecule has 1 aliphatic rings. The number of esters is 1. The lowest BCUT2D eigenvalue weighted by atomic mass is 9.88. The van der Waals surface area contributed by atoms with Crippen molar-refractivity contribution in [2.45, 2.75) is 50.8 Å². The highest BCUT2D eigenvalue weighted by atomic mass is 32.2. The first kappa shape index (κ1) is 20.9. The van der Waals surface area contributed by atoms with Gasteiger partial charge in [-0.3, -0.25) is 4.79 Å². The maximum atomic E-state index is 12.4. The van der Waals surface area contributed by atoms with Gasteiger partial charge in [0.15, 0.2) is 0 Å². The van der Waals surface area contributed by atoms with Crippen molar-refractivity contribution in [1.82, 2.24) is 0 Å². The smallest absolute Gasteiger partial charge is 0.341 e. The maximum absolute atomic E-state index is 12.4. The monoisotopic (exact) mass is 417 g/mol. The molecule has 28 heavy (non-hydrogen) atoms. The second-order valence-corrected chi connectivity index (χ2v) is 9.63. The molecule has 1 aliphatic carbocycles. The molecule has 0 fully saturated rings. The Bertz CT molecular complexity index is 842. The molecule has 1 aromatic carbocycles. The van der Waals surface area contributed by atoms with Gasteiger partial charge in [-0.2, -0.15) is 0 Å². The number of thioether (sulfide) groups is 1. The molecular weight excluding hydrogens is 390 g/mol. The van der Waals surface area contributed by atoms with Crippen molar-refractivity contribution in [2.24, 2.45) is 5.92 Å². The molecule has 1 amide bonds. The van der Waals surface area contributed by atoms with Crippen LogP contribution in [0.15, 0.2) is 29.2 Å². The number of carbonyl (C=O) groups excluding carboxylic acids is 2. The van der Waals surface area contributed by atoms with Gasteiger partial charge in [0.05, 0.1) is 12.7 Å². The predicted octanol–water partition coefficient (Wildman–Crippen LogP) is 5.48. The Labute approximate surface area is 175 Å². The Morgan fingerprint density at radius 3 is 2.75 bits per heavy atom. The van der Waals surface area contributed by atoms with Gasteiger partial charge in [-0.25, -0.2) is 4.79 Å². The lowest BCUT2D eigenvalue weighted by Crippen LogP contribution is -2.15. The van der Waals surface area contributed by atoms with Gasteiger partial charge in [0.25, 0.3) is 0 Å².